The van der Waals surface area contributed by atoms with E-state index in [-0.39, 0.29) is 12.6 Å². The molecule has 0 aliphatic rings. The molecule has 3 atom stereocenters. The summed E-state index contributed by atoms with van der Waals surface area (Å²) in [6.07, 6.45) is 0.762. The third kappa shape index (κ3) is 10.1. The third-order valence-electron chi connectivity index (χ3n) is 6.10. The van der Waals surface area contributed by atoms with Crippen LogP contribution in [0.2, 0.25) is 0 Å². The molecule has 0 radical (unpaired) electrons. The highest BCUT2D eigenvalue weighted by Crippen LogP contribution is 2.30. The zero-order valence-electron chi connectivity index (χ0n) is 24.1. The lowest BCUT2D eigenvalue weighted by atomic mass is 9.93. The predicted octanol–water partition coefficient (Wildman–Crippen LogP) is 4.20. The van der Waals surface area contributed by atoms with Gasteiger partial charge in [0, 0.05) is 6.04 Å². The number of nitrogens with zero attached hydrogens (tertiary/aromatic N) is 1. The fourth-order valence-electron chi connectivity index (χ4n) is 3.90. The number of rotatable bonds is 11. The molecule has 9 nitrogen and oxygen atoms in total. The minimum atomic E-state index is -1.03. The number of alkyl carbamates (subject to hydrolysis) is 1. The Hall–Kier alpha value is -3.10. The Balaban J connectivity index is 3.53. The average molecular weight is 520 g/mol. The predicted molar refractivity (Wildman–Crippen MR) is 143 cm³/mol. The Bertz CT molecular complexity index is 954. The van der Waals surface area contributed by atoms with Gasteiger partial charge in [0.2, 0.25) is 11.8 Å². The van der Waals surface area contributed by atoms with Crippen LogP contribution >= 0.6 is 0 Å². The highest BCUT2D eigenvalue weighted by molar-refractivity contribution is 5.93. The van der Waals surface area contributed by atoms with Crippen molar-refractivity contribution in [2.75, 3.05) is 13.7 Å². The number of amides is 3. The van der Waals surface area contributed by atoms with Crippen molar-refractivity contribution in [3.8, 4) is 0 Å². The quantitative estimate of drug-likeness (QED) is 0.424. The van der Waals surface area contributed by atoms with Crippen molar-refractivity contribution < 1.29 is 28.7 Å². The Kier molecular flexibility index (Phi) is 12.1. The minimum Gasteiger partial charge on any atom is -0.468 e. The second kappa shape index (κ2) is 14.0. The van der Waals surface area contributed by atoms with E-state index in [4.69, 9.17) is 4.74 Å². The number of carbonyl (C=O) groups is 4. The first-order chi connectivity index (χ1) is 17.1. The molecule has 9 heteroatoms. The lowest BCUT2D eigenvalue weighted by Crippen LogP contribution is -2.55. The van der Waals surface area contributed by atoms with E-state index in [9.17, 15) is 19.2 Å². The van der Waals surface area contributed by atoms with Crippen LogP contribution in [-0.4, -0.2) is 60.1 Å². The molecule has 0 aromatic heterocycles. The molecule has 0 bridgehead atoms. The summed E-state index contributed by atoms with van der Waals surface area (Å²) in [6.45, 7) is 16.4. The number of carbonyl (C=O) groups excluding carboxylic acids is 4. The topological polar surface area (TPSA) is 114 Å². The lowest BCUT2D eigenvalue weighted by Gasteiger charge is -2.38. The fourth-order valence-corrected chi connectivity index (χ4v) is 3.90. The lowest BCUT2D eigenvalue weighted by molar-refractivity contribution is -0.146. The van der Waals surface area contributed by atoms with Gasteiger partial charge in [0.15, 0.2) is 0 Å². The Morgan fingerprint density at radius 2 is 1.62 bits per heavy atom. The van der Waals surface area contributed by atoms with Crippen LogP contribution < -0.4 is 10.6 Å². The standard InChI is InChI=1S/C28H45N3O6/c1-17(2)14-15-19(4)31(26(34)21(6)30-27(35)37-28(7,8)9)24(25(33)29-16-23(32)36-10)22-13-11-12-18(3)20(22)5/h11-13,17,19,21,24H,14-16H2,1-10H3,(H,29,33)(H,30,35). The van der Waals surface area contributed by atoms with Crippen LogP contribution in [0.4, 0.5) is 4.79 Å². The van der Waals surface area contributed by atoms with Gasteiger partial charge in [0.1, 0.15) is 24.2 Å². The van der Waals surface area contributed by atoms with Crippen molar-refractivity contribution in [2.24, 2.45) is 5.92 Å². The summed E-state index contributed by atoms with van der Waals surface area (Å²) in [6, 6.07) is 3.25. The summed E-state index contributed by atoms with van der Waals surface area (Å²) in [5.74, 6) is -1.14. The summed E-state index contributed by atoms with van der Waals surface area (Å²) in [7, 11) is 1.24. The monoisotopic (exact) mass is 519 g/mol. The first-order valence-corrected chi connectivity index (χ1v) is 12.8. The molecular weight excluding hydrogens is 474 g/mol. The van der Waals surface area contributed by atoms with Gasteiger partial charge in [-0.25, -0.2) is 4.79 Å². The molecule has 0 heterocycles. The van der Waals surface area contributed by atoms with Crippen molar-refractivity contribution in [2.45, 2.75) is 98.9 Å². The molecule has 1 rings (SSSR count). The molecule has 1 aromatic carbocycles. The molecule has 37 heavy (non-hydrogen) atoms. The molecule has 0 saturated heterocycles. The van der Waals surface area contributed by atoms with Crippen molar-refractivity contribution >= 4 is 23.9 Å². The summed E-state index contributed by atoms with van der Waals surface area (Å²) < 4.78 is 10.0. The second-order valence-corrected chi connectivity index (χ2v) is 10.9. The molecule has 0 aliphatic heterocycles. The van der Waals surface area contributed by atoms with E-state index in [1.54, 1.807) is 27.7 Å². The van der Waals surface area contributed by atoms with Crippen LogP contribution in [0.15, 0.2) is 18.2 Å². The van der Waals surface area contributed by atoms with Crippen molar-refractivity contribution in [1.82, 2.24) is 15.5 Å². The molecule has 3 unspecified atom stereocenters. The van der Waals surface area contributed by atoms with Crippen LogP contribution in [0.3, 0.4) is 0 Å². The highest BCUT2D eigenvalue weighted by atomic mass is 16.6. The number of nitrogens with one attached hydrogen (secondary N) is 2. The van der Waals surface area contributed by atoms with Crippen LogP contribution in [0.5, 0.6) is 0 Å². The SMILES string of the molecule is COC(=O)CNC(=O)C(c1cccc(C)c1C)N(C(=O)C(C)NC(=O)OC(C)(C)C)C(C)CCC(C)C. The number of benzene rings is 1. The van der Waals surface area contributed by atoms with Gasteiger partial charge in [-0.15, -0.1) is 0 Å². The first-order valence-electron chi connectivity index (χ1n) is 12.8. The Morgan fingerprint density at radius 1 is 1.00 bits per heavy atom. The number of methoxy groups -OCH3 is 1. The van der Waals surface area contributed by atoms with E-state index in [0.29, 0.717) is 17.9 Å². The number of ether oxygens (including phenoxy) is 2. The van der Waals surface area contributed by atoms with Gasteiger partial charge < -0.3 is 25.0 Å². The number of hydrogen-bond donors (Lipinski definition) is 2. The van der Waals surface area contributed by atoms with Crippen molar-refractivity contribution in [1.29, 1.82) is 0 Å². The van der Waals surface area contributed by atoms with Gasteiger partial charge in [-0.3, -0.25) is 14.4 Å². The van der Waals surface area contributed by atoms with Crippen LogP contribution in [-0.2, 0) is 23.9 Å². The molecular formula is C28H45N3O6. The fraction of sp³-hybridized carbons (Fsp3) is 0.643. The van der Waals surface area contributed by atoms with Crippen LogP contribution in [0.1, 0.15) is 84.0 Å². The second-order valence-electron chi connectivity index (χ2n) is 10.9. The average Bonchev–Trinajstić information content (AvgIpc) is 2.79. The molecule has 0 saturated carbocycles. The maximum absolute atomic E-state index is 13.9. The van der Waals surface area contributed by atoms with Gasteiger partial charge in [0.05, 0.1) is 7.11 Å². The third-order valence-corrected chi connectivity index (χ3v) is 6.10. The van der Waals surface area contributed by atoms with E-state index < -0.39 is 41.6 Å². The summed E-state index contributed by atoms with van der Waals surface area (Å²) in [5.41, 5.74) is 1.75. The van der Waals surface area contributed by atoms with E-state index in [0.717, 1.165) is 17.5 Å². The molecule has 3 amide bonds. The Labute approximate surface area is 221 Å². The number of aryl methyl sites for hydroxylation is 1. The van der Waals surface area contributed by atoms with Crippen LogP contribution in [0, 0.1) is 19.8 Å². The zero-order valence-corrected chi connectivity index (χ0v) is 24.1. The smallest absolute Gasteiger partial charge is 0.408 e. The van der Waals surface area contributed by atoms with E-state index in [1.807, 2.05) is 39.0 Å². The summed E-state index contributed by atoms with van der Waals surface area (Å²) >= 11 is 0. The first kappa shape index (κ1) is 31.9. The van der Waals surface area contributed by atoms with Gasteiger partial charge >= 0.3 is 12.1 Å². The number of esters is 1. The summed E-state index contributed by atoms with van der Waals surface area (Å²) in [4.78, 5) is 53.3. The van der Waals surface area contributed by atoms with Crippen molar-refractivity contribution in [3.63, 3.8) is 0 Å². The van der Waals surface area contributed by atoms with Gasteiger partial charge in [-0.05, 0) is 83.9 Å². The molecule has 208 valence electrons. The minimum absolute atomic E-state index is 0.329. The van der Waals surface area contributed by atoms with Gasteiger partial charge in [-0.2, -0.15) is 0 Å². The molecule has 0 spiro atoms. The maximum atomic E-state index is 13.9. The van der Waals surface area contributed by atoms with E-state index >= 15 is 0 Å². The number of hydrogen-bond acceptors (Lipinski definition) is 6. The maximum Gasteiger partial charge on any atom is 0.408 e. The Morgan fingerprint density at radius 3 is 2.16 bits per heavy atom. The molecule has 1 aromatic rings. The van der Waals surface area contributed by atoms with Gasteiger partial charge in [0.25, 0.3) is 0 Å². The molecule has 0 aliphatic carbocycles. The molecule has 2 N–H and O–H groups in total. The zero-order chi connectivity index (χ0) is 28.5. The van der Waals surface area contributed by atoms with Crippen molar-refractivity contribution in [3.05, 3.63) is 34.9 Å². The van der Waals surface area contributed by atoms with Crippen LogP contribution in [0.25, 0.3) is 0 Å². The molecule has 0 fully saturated rings. The largest absolute Gasteiger partial charge is 0.468 e. The normalized spacial score (nSPS) is 13.8. The summed E-state index contributed by atoms with van der Waals surface area (Å²) in [5, 5.41) is 5.23. The highest BCUT2D eigenvalue weighted by Gasteiger charge is 2.38. The van der Waals surface area contributed by atoms with Gasteiger partial charge in [-0.1, -0.05) is 32.0 Å². The van der Waals surface area contributed by atoms with E-state index in [1.165, 1.54) is 12.0 Å². The van der Waals surface area contributed by atoms with E-state index in [2.05, 4.69) is 29.2 Å².